The van der Waals surface area contributed by atoms with Crippen molar-refractivity contribution in [2.45, 2.75) is 26.3 Å². The molecule has 0 radical (unpaired) electrons. The van der Waals surface area contributed by atoms with Crippen LogP contribution in [-0.4, -0.2) is 25.0 Å². The average molecular weight is 257 g/mol. The highest BCUT2D eigenvalue weighted by Crippen LogP contribution is 2.20. The quantitative estimate of drug-likeness (QED) is 0.879. The predicted octanol–water partition coefficient (Wildman–Crippen LogP) is 1.85. The fraction of sp³-hybridized carbons (Fsp3) is 0.467. The first-order valence-corrected chi connectivity index (χ1v) is 6.60. The molecule has 2 atom stereocenters. The van der Waals surface area contributed by atoms with Crippen molar-refractivity contribution in [2.75, 3.05) is 18.0 Å². The Labute approximate surface area is 114 Å². The van der Waals surface area contributed by atoms with Crippen LogP contribution in [0.4, 0.5) is 5.69 Å². The Hall–Kier alpha value is -1.86. The molecule has 1 heterocycles. The number of amides is 1. The van der Waals surface area contributed by atoms with E-state index in [4.69, 9.17) is 5.26 Å². The largest absolute Gasteiger partial charge is 0.311 e. The van der Waals surface area contributed by atoms with E-state index >= 15 is 0 Å². The molecule has 0 aromatic heterocycles. The van der Waals surface area contributed by atoms with Crippen molar-refractivity contribution < 1.29 is 4.79 Å². The summed E-state index contributed by atoms with van der Waals surface area (Å²) in [7, 11) is 0. The maximum absolute atomic E-state index is 12.5. The average Bonchev–Trinajstić information content (AvgIpc) is 2.52. The molecule has 0 aliphatic carbocycles. The summed E-state index contributed by atoms with van der Waals surface area (Å²) >= 11 is 0. The number of anilines is 1. The van der Waals surface area contributed by atoms with Gasteiger partial charge in [-0.25, -0.2) is 0 Å². The van der Waals surface area contributed by atoms with Crippen LogP contribution in [0.15, 0.2) is 24.3 Å². The van der Waals surface area contributed by atoms with E-state index in [1.165, 1.54) is 0 Å². The summed E-state index contributed by atoms with van der Waals surface area (Å²) in [4.78, 5) is 14.3. The molecule has 0 bridgehead atoms. The van der Waals surface area contributed by atoms with E-state index in [1.807, 2.05) is 31.2 Å². The highest BCUT2D eigenvalue weighted by atomic mass is 16.2. The first-order valence-electron chi connectivity index (χ1n) is 6.60. The van der Waals surface area contributed by atoms with Gasteiger partial charge in [-0.2, -0.15) is 5.26 Å². The van der Waals surface area contributed by atoms with Gasteiger partial charge in [-0.05, 0) is 30.5 Å². The summed E-state index contributed by atoms with van der Waals surface area (Å²) in [5.74, 6) is 0.365. The second-order valence-electron chi connectivity index (χ2n) is 5.22. The van der Waals surface area contributed by atoms with Crippen LogP contribution in [0.1, 0.15) is 18.9 Å². The van der Waals surface area contributed by atoms with Crippen molar-refractivity contribution in [3.8, 4) is 6.07 Å². The molecule has 19 heavy (non-hydrogen) atoms. The first kappa shape index (κ1) is 13.6. The Balaban J connectivity index is 2.30. The van der Waals surface area contributed by atoms with Gasteiger partial charge in [-0.15, -0.1) is 0 Å². The van der Waals surface area contributed by atoms with Gasteiger partial charge in [0.05, 0.1) is 12.5 Å². The molecule has 1 aromatic rings. The van der Waals surface area contributed by atoms with Gasteiger partial charge in [0.2, 0.25) is 5.91 Å². The summed E-state index contributed by atoms with van der Waals surface area (Å²) in [5.41, 5.74) is 2.05. The zero-order valence-corrected chi connectivity index (χ0v) is 11.4. The Morgan fingerprint density at radius 3 is 3.00 bits per heavy atom. The zero-order valence-electron chi connectivity index (χ0n) is 11.4. The minimum Gasteiger partial charge on any atom is -0.311 e. The molecule has 1 fully saturated rings. The Morgan fingerprint density at radius 1 is 1.53 bits per heavy atom. The van der Waals surface area contributed by atoms with Crippen molar-refractivity contribution in [2.24, 2.45) is 5.92 Å². The summed E-state index contributed by atoms with van der Waals surface area (Å²) in [6, 6.07) is 9.63. The van der Waals surface area contributed by atoms with Gasteiger partial charge < -0.3 is 10.2 Å². The van der Waals surface area contributed by atoms with E-state index in [0.717, 1.165) is 17.8 Å². The zero-order chi connectivity index (χ0) is 13.8. The molecule has 0 saturated carbocycles. The Bertz CT molecular complexity index is 506. The lowest BCUT2D eigenvalue weighted by molar-refractivity contribution is -0.120. The van der Waals surface area contributed by atoms with Gasteiger partial charge in [0.1, 0.15) is 6.04 Å². The van der Waals surface area contributed by atoms with Gasteiger partial charge in [0.25, 0.3) is 0 Å². The SMILES string of the molecule is Cc1cccc(N2CC(C)CNC(CC#N)C2=O)c1. The van der Waals surface area contributed by atoms with Crippen LogP contribution in [-0.2, 0) is 4.79 Å². The minimum absolute atomic E-state index is 0.00324. The molecule has 100 valence electrons. The molecule has 2 unspecified atom stereocenters. The fourth-order valence-electron chi connectivity index (χ4n) is 2.36. The maximum atomic E-state index is 12.5. The number of hydrogen-bond donors (Lipinski definition) is 1. The number of aryl methyl sites for hydroxylation is 1. The van der Waals surface area contributed by atoms with Crippen molar-refractivity contribution in [1.29, 1.82) is 5.26 Å². The molecule has 1 N–H and O–H groups in total. The summed E-state index contributed by atoms with van der Waals surface area (Å²) in [6.07, 6.45) is 0.216. The van der Waals surface area contributed by atoms with Crippen LogP contribution in [0.25, 0.3) is 0 Å². The number of benzene rings is 1. The molecule has 1 aliphatic rings. The molecule has 1 saturated heterocycles. The van der Waals surface area contributed by atoms with Gasteiger partial charge in [-0.3, -0.25) is 4.79 Å². The lowest BCUT2D eigenvalue weighted by atomic mass is 10.1. The number of nitrogens with one attached hydrogen (secondary N) is 1. The summed E-state index contributed by atoms with van der Waals surface area (Å²) in [5, 5.41) is 12.0. The van der Waals surface area contributed by atoms with E-state index in [2.05, 4.69) is 18.3 Å². The van der Waals surface area contributed by atoms with Crippen LogP contribution in [0, 0.1) is 24.2 Å². The molecule has 0 spiro atoms. The lowest BCUT2D eigenvalue weighted by Gasteiger charge is -2.24. The first-order chi connectivity index (χ1) is 9.11. The summed E-state index contributed by atoms with van der Waals surface area (Å²) < 4.78 is 0. The topological polar surface area (TPSA) is 56.1 Å². The van der Waals surface area contributed by atoms with E-state index in [-0.39, 0.29) is 12.3 Å². The molecule has 1 aromatic carbocycles. The molecule has 2 rings (SSSR count). The van der Waals surface area contributed by atoms with E-state index in [0.29, 0.717) is 12.5 Å². The van der Waals surface area contributed by atoms with Crippen LogP contribution in [0.2, 0.25) is 0 Å². The molecule has 1 aliphatic heterocycles. The summed E-state index contributed by atoms with van der Waals surface area (Å²) in [6.45, 7) is 5.58. The number of nitrogens with zero attached hydrogens (tertiary/aromatic N) is 2. The number of carbonyl (C=O) groups excluding carboxylic acids is 1. The van der Waals surface area contributed by atoms with Crippen LogP contribution < -0.4 is 10.2 Å². The van der Waals surface area contributed by atoms with Gasteiger partial charge >= 0.3 is 0 Å². The number of rotatable bonds is 2. The second-order valence-corrected chi connectivity index (χ2v) is 5.22. The van der Waals surface area contributed by atoms with E-state index in [1.54, 1.807) is 4.90 Å². The fourth-order valence-corrected chi connectivity index (χ4v) is 2.36. The van der Waals surface area contributed by atoms with E-state index in [9.17, 15) is 4.79 Å². The predicted molar refractivity (Wildman–Crippen MR) is 74.7 cm³/mol. The highest BCUT2D eigenvalue weighted by Gasteiger charge is 2.29. The minimum atomic E-state index is -0.393. The monoisotopic (exact) mass is 257 g/mol. The van der Waals surface area contributed by atoms with Crippen molar-refractivity contribution in [1.82, 2.24) is 5.32 Å². The Kier molecular flexibility index (Phi) is 4.18. The third-order valence-corrected chi connectivity index (χ3v) is 3.38. The molecule has 4 heteroatoms. The number of hydrogen-bond acceptors (Lipinski definition) is 3. The third-order valence-electron chi connectivity index (χ3n) is 3.38. The van der Waals surface area contributed by atoms with Crippen LogP contribution in [0.3, 0.4) is 0 Å². The van der Waals surface area contributed by atoms with Gasteiger partial charge in [0, 0.05) is 18.8 Å². The molecular weight excluding hydrogens is 238 g/mol. The molecule has 4 nitrogen and oxygen atoms in total. The standard InChI is InChI=1S/C15H19N3O/c1-11-4-3-5-13(8-11)18-10-12(2)9-17-14(6-7-16)15(18)19/h3-5,8,12,14,17H,6,9-10H2,1-2H3. The van der Waals surface area contributed by atoms with Crippen molar-refractivity contribution >= 4 is 11.6 Å². The van der Waals surface area contributed by atoms with Gasteiger partial charge in [-0.1, -0.05) is 19.1 Å². The van der Waals surface area contributed by atoms with Gasteiger partial charge in [0.15, 0.2) is 0 Å². The maximum Gasteiger partial charge on any atom is 0.245 e. The number of nitriles is 1. The smallest absolute Gasteiger partial charge is 0.245 e. The highest BCUT2D eigenvalue weighted by molar-refractivity contribution is 5.97. The molecular formula is C15H19N3O. The molecule has 1 amide bonds. The Morgan fingerprint density at radius 2 is 2.32 bits per heavy atom. The number of carbonyl (C=O) groups is 1. The van der Waals surface area contributed by atoms with E-state index < -0.39 is 6.04 Å². The third kappa shape index (κ3) is 3.12. The van der Waals surface area contributed by atoms with Crippen LogP contribution >= 0.6 is 0 Å². The lowest BCUT2D eigenvalue weighted by Crippen LogP contribution is -2.43. The van der Waals surface area contributed by atoms with Crippen molar-refractivity contribution in [3.63, 3.8) is 0 Å². The normalized spacial score (nSPS) is 23.8. The van der Waals surface area contributed by atoms with Crippen molar-refractivity contribution in [3.05, 3.63) is 29.8 Å². The van der Waals surface area contributed by atoms with Crippen LogP contribution in [0.5, 0.6) is 0 Å². The second kappa shape index (κ2) is 5.85.